The van der Waals surface area contributed by atoms with Crippen LogP contribution in [-0.4, -0.2) is 23.5 Å². The van der Waals surface area contributed by atoms with Gasteiger partial charge in [0.2, 0.25) is 0 Å². The van der Waals surface area contributed by atoms with Crippen LogP contribution in [0.25, 0.3) is 0 Å². The summed E-state index contributed by atoms with van der Waals surface area (Å²) in [7, 11) is 0. The number of thiophene rings is 1. The smallest absolute Gasteiger partial charge is 0.346 e. The molecule has 1 aromatic rings. The highest BCUT2D eigenvalue weighted by molar-refractivity contribution is 7.12. The van der Waals surface area contributed by atoms with Gasteiger partial charge in [0.15, 0.2) is 0 Å². The topological polar surface area (TPSA) is 66.4 Å². The summed E-state index contributed by atoms with van der Waals surface area (Å²) >= 11 is 1.12. The first-order valence-electron chi connectivity index (χ1n) is 3.82. The number of amides is 1. The molecule has 0 saturated heterocycles. The van der Waals surface area contributed by atoms with Gasteiger partial charge in [-0.05, 0) is 12.0 Å². The fraction of sp³-hybridized carbons (Fsp3) is 0.250. The highest BCUT2D eigenvalue weighted by Crippen LogP contribution is 2.25. The normalized spacial score (nSPS) is 14.9. The minimum absolute atomic E-state index is 0.162. The van der Waals surface area contributed by atoms with E-state index in [9.17, 15) is 9.59 Å². The zero-order valence-corrected chi connectivity index (χ0v) is 7.48. The third kappa shape index (κ3) is 1.21. The van der Waals surface area contributed by atoms with Crippen LogP contribution in [0.15, 0.2) is 5.38 Å². The number of carboxylic acids is 1. The Labute approximate surface area is 78.2 Å². The van der Waals surface area contributed by atoms with E-state index in [0.29, 0.717) is 29.0 Å². The summed E-state index contributed by atoms with van der Waals surface area (Å²) in [5.41, 5.74) is 1.20. The maximum atomic E-state index is 11.2. The fourth-order valence-corrected chi connectivity index (χ4v) is 2.34. The van der Waals surface area contributed by atoms with Crippen molar-refractivity contribution >= 4 is 23.2 Å². The van der Waals surface area contributed by atoms with Gasteiger partial charge in [-0.2, -0.15) is 0 Å². The van der Waals surface area contributed by atoms with Crippen LogP contribution in [0.1, 0.15) is 25.6 Å². The molecule has 1 aromatic heterocycles. The third-order valence-electron chi connectivity index (χ3n) is 1.99. The van der Waals surface area contributed by atoms with E-state index in [4.69, 9.17) is 5.11 Å². The minimum Gasteiger partial charge on any atom is -0.477 e. The first kappa shape index (κ1) is 8.25. The van der Waals surface area contributed by atoms with Crippen molar-refractivity contribution in [2.45, 2.75) is 6.42 Å². The van der Waals surface area contributed by atoms with Crippen LogP contribution in [0.5, 0.6) is 0 Å². The molecule has 1 aliphatic heterocycles. The molecule has 68 valence electrons. The van der Waals surface area contributed by atoms with Crippen LogP contribution >= 0.6 is 11.3 Å². The van der Waals surface area contributed by atoms with Gasteiger partial charge in [0.25, 0.3) is 5.91 Å². The maximum Gasteiger partial charge on any atom is 0.346 e. The second-order valence-electron chi connectivity index (χ2n) is 2.77. The molecule has 4 nitrogen and oxygen atoms in total. The van der Waals surface area contributed by atoms with Crippen molar-refractivity contribution in [1.82, 2.24) is 5.32 Å². The van der Waals surface area contributed by atoms with E-state index >= 15 is 0 Å². The van der Waals surface area contributed by atoms with Crippen molar-refractivity contribution in [3.05, 3.63) is 21.4 Å². The number of aromatic carboxylic acids is 1. The van der Waals surface area contributed by atoms with Crippen molar-refractivity contribution in [2.24, 2.45) is 0 Å². The molecule has 1 aliphatic rings. The average Bonchev–Trinajstić information content (AvgIpc) is 2.48. The standard InChI is InChI=1S/C8H7NO3S/c10-7-5-3-13-6(8(11)12)4(5)1-2-9-7/h3H,1-2H2,(H,9,10)(H,11,12). The first-order chi connectivity index (χ1) is 6.20. The van der Waals surface area contributed by atoms with Gasteiger partial charge in [-0.3, -0.25) is 4.79 Å². The summed E-state index contributed by atoms with van der Waals surface area (Å²) < 4.78 is 0. The first-order valence-corrected chi connectivity index (χ1v) is 4.70. The van der Waals surface area contributed by atoms with Gasteiger partial charge in [0, 0.05) is 11.9 Å². The predicted molar refractivity (Wildman–Crippen MR) is 47.3 cm³/mol. The molecule has 0 spiro atoms. The zero-order valence-electron chi connectivity index (χ0n) is 6.66. The molecule has 0 bridgehead atoms. The molecule has 5 heteroatoms. The molecule has 2 heterocycles. The molecular weight excluding hydrogens is 190 g/mol. The van der Waals surface area contributed by atoms with Gasteiger partial charge in [-0.15, -0.1) is 11.3 Å². The Bertz CT molecular complexity index is 369. The lowest BCUT2D eigenvalue weighted by atomic mass is 10.0. The Morgan fingerprint density at radius 2 is 2.38 bits per heavy atom. The molecule has 0 aliphatic carbocycles. The molecule has 13 heavy (non-hydrogen) atoms. The van der Waals surface area contributed by atoms with Crippen molar-refractivity contribution in [3.63, 3.8) is 0 Å². The molecular formula is C8H7NO3S. The maximum absolute atomic E-state index is 11.2. The van der Waals surface area contributed by atoms with Crippen molar-refractivity contribution in [3.8, 4) is 0 Å². The lowest BCUT2D eigenvalue weighted by molar-refractivity contribution is 0.0701. The monoisotopic (exact) mass is 197 g/mol. The summed E-state index contributed by atoms with van der Waals surface area (Å²) in [6.07, 6.45) is 0.617. The number of carboxylic acid groups (broad SMARTS) is 1. The van der Waals surface area contributed by atoms with Gasteiger partial charge in [-0.25, -0.2) is 4.79 Å². The molecule has 0 radical (unpaired) electrons. The highest BCUT2D eigenvalue weighted by Gasteiger charge is 2.24. The fourth-order valence-electron chi connectivity index (χ4n) is 1.40. The van der Waals surface area contributed by atoms with E-state index in [2.05, 4.69) is 5.32 Å². The van der Waals surface area contributed by atoms with Crippen LogP contribution in [0.4, 0.5) is 0 Å². The van der Waals surface area contributed by atoms with Gasteiger partial charge >= 0.3 is 5.97 Å². The molecule has 0 unspecified atom stereocenters. The Morgan fingerprint density at radius 3 is 3.08 bits per heavy atom. The van der Waals surface area contributed by atoms with E-state index in [1.165, 1.54) is 0 Å². The van der Waals surface area contributed by atoms with Crippen LogP contribution in [0, 0.1) is 0 Å². The van der Waals surface area contributed by atoms with E-state index < -0.39 is 5.97 Å². The third-order valence-corrected chi connectivity index (χ3v) is 3.00. The van der Waals surface area contributed by atoms with Crippen molar-refractivity contribution < 1.29 is 14.7 Å². The molecule has 0 fully saturated rings. The summed E-state index contributed by atoms with van der Waals surface area (Å²) in [6.45, 7) is 0.531. The minimum atomic E-state index is -0.944. The number of carbonyl (C=O) groups excluding carboxylic acids is 1. The van der Waals surface area contributed by atoms with Gasteiger partial charge in [0.05, 0.1) is 5.56 Å². The molecule has 2 rings (SSSR count). The molecule has 1 amide bonds. The number of rotatable bonds is 1. The van der Waals surface area contributed by atoms with Crippen LogP contribution < -0.4 is 5.32 Å². The van der Waals surface area contributed by atoms with Crippen molar-refractivity contribution in [2.75, 3.05) is 6.54 Å². The Balaban J connectivity index is 2.53. The average molecular weight is 197 g/mol. The summed E-state index contributed by atoms with van der Waals surface area (Å²) in [5.74, 6) is -1.11. The molecule has 0 atom stereocenters. The predicted octanol–water partition coefficient (Wildman–Crippen LogP) is 0.732. The summed E-state index contributed by atoms with van der Waals surface area (Å²) in [4.78, 5) is 22.2. The SMILES string of the molecule is O=C1NCCc2c1csc2C(=O)O. The lowest BCUT2D eigenvalue weighted by Gasteiger charge is -2.12. The number of carbonyl (C=O) groups is 2. The van der Waals surface area contributed by atoms with E-state index in [1.54, 1.807) is 5.38 Å². The van der Waals surface area contributed by atoms with Crippen LogP contribution in [0.2, 0.25) is 0 Å². The van der Waals surface area contributed by atoms with Gasteiger partial charge in [0.1, 0.15) is 4.88 Å². The lowest BCUT2D eigenvalue weighted by Crippen LogP contribution is -2.31. The number of fused-ring (bicyclic) bond motifs is 1. The largest absolute Gasteiger partial charge is 0.477 e. The highest BCUT2D eigenvalue weighted by atomic mass is 32.1. The van der Waals surface area contributed by atoms with Crippen LogP contribution in [0.3, 0.4) is 0 Å². The van der Waals surface area contributed by atoms with E-state index in [0.717, 1.165) is 11.3 Å². The quantitative estimate of drug-likeness (QED) is 0.697. The van der Waals surface area contributed by atoms with Crippen molar-refractivity contribution in [1.29, 1.82) is 0 Å². The molecule has 2 N–H and O–H groups in total. The molecule has 0 aromatic carbocycles. The second-order valence-corrected chi connectivity index (χ2v) is 3.65. The van der Waals surface area contributed by atoms with Crippen LogP contribution in [-0.2, 0) is 6.42 Å². The number of hydrogen-bond donors (Lipinski definition) is 2. The number of nitrogens with one attached hydrogen (secondary N) is 1. The van der Waals surface area contributed by atoms with Gasteiger partial charge in [-0.1, -0.05) is 0 Å². The Kier molecular flexibility index (Phi) is 1.81. The zero-order chi connectivity index (χ0) is 9.42. The van der Waals surface area contributed by atoms with E-state index in [-0.39, 0.29) is 5.91 Å². The summed E-state index contributed by atoms with van der Waals surface area (Å²) in [6, 6.07) is 0. The van der Waals surface area contributed by atoms with Gasteiger partial charge < -0.3 is 10.4 Å². The van der Waals surface area contributed by atoms with E-state index in [1.807, 2.05) is 0 Å². The summed E-state index contributed by atoms with van der Waals surface area (Å²) in [5, 5.41) is 13.1. The number of hydrogen-bond acceptors (Lipinski definition) is 3. The Hall–Kier alpha value is -1.36. The molecule has 0 saturated carbocycles. The second kappa shape index (κ2) is 2.85. The Morgan fingerprint density at radius 1 is 1.62 bits per heavy atom.